The molecule has 0 fully saturated rings. The van der Waals surface area contributed by atoms with Crippen LogP contribution in [0.15, 0.2) is 0 Å². The third-order valence-corrected chi connectivity index (χ3v) is 0.724. The summed E-state index contributed by atoms with van der Waals surface area (Å²) in [5.41, 5.74) is 4.68. The van der Waals surface area contributed by atoms with E-state index in [9.17, 15) is 4.79 Å². The Kier molecular flexibility index (Phi) is 2.99. The molecule has 0 aliphatic heterocycles. The molecule has 1 radical (unpaired) electrons. The molecular formula is C5H10NO2. The highest BCUT2D eigenvalue weighted by atomic mass is 16.6. The first-order chi connectivity index (χ1) is 3.66. The Labute approximate surface area is 48.8 Å². The van der Waals surface area contributed by atoms with Crippen molar-refractivity contribution >= 4 is 6.09 Å². The second-order valence-corrected chi connectivity index (χ2v) is 1.54. The first-order valence-electron chi connectivity index (χ1n) is 2.42. The van der Waals surface area contributed by atoms with E-state index in [1.54, 1.807) is 6.92 Å². The molecule has 0 aliphatic carbocycles. The summed E-state index contributed by atoms with van der Waals surface area (Å²) in [6.45, 7) is 5.24. The number of carbonyl (C=O) groups excluding carboxylic acids is 1. The van der Waals surface area contributed by atoms with Gasteiger partial charge in [0, 0.05) is 0 Å². The zero-order valence-electron chi connectivity index (χ0n) is 4.89. The van der Waals surface area contributed by atoms with Crippen molar-refractivity contribution in [2.75, 3.05) is 0 Å². The van der Waals surface area contributed by atoms with Crippen LogP contribution in [0.25, 0.3) is 0 Å². The summed E-state index contributed by atoms with van der Waals surface area (Å²) in [7, 11) is 0. The second-order valence-electron chi connectivity index (χ2n) is 1.54. The Morgan fingerprint density at radius 1 is 2.00 bits per heavy atom. The van der Waals surface area contributed by atoms with E-state index in [1.165, 1.54) is 0 Å². The van der Waals surface area contributed by atoms with Crippen LogP contribution < -0.4 is 5.73 Å². The molecule has 3 nitrogen and oxygen atoms in total. The van der Waals surface area contributed by atoms with E-state index in [0.717, 1.165) is 0 Å². The maximum Gasteiger partial charge on any atom is 0.404 e. The maximum atomic E-state index is 9.94. The van der Waals surface area contributed by atoms with Gasteiger partial charge in [-0.3, -0.25) is 0 Å². The fraction of sp³-hybridized carbons (Fsp3) is 0.600. The summed E-state index contributed by atoms with van der Waals surface area (Å²) >= 11 is 0. The summed E-state index contributed by atoms with van der Waals surface area (Å²) in [4.78, 5) is 9.94. The average Bonchev–Trinajstić information content (AvgIpc) is 1.65. The Morgan fingerprint density at radius 2 is 2.50 bits per heavy atom. The van der Waals surface area contributed by atoms with Gasteiger partial charge in [0.1, 0.15) is 6.10 Å². The van der Waals surface area contributed by atoms with Gasteiger partial charge in [-0.2, -0.15) is 0 Å². The number of hydrogen-bond acceptors (Lipinski definition) is 2. The van der Waals surface area contributed by atoms with E-state index in [0.29, 0.717) is 6.42 Å². The molecule has 0 aromatic rings. The van der Waals surface area contributed by atoms with Gasteiger partial charge in [-0.1, -0.05) is 0 Å². The molecule has 0 aromatic carbocycles. The normalized spacial score (nSPS) is 12.8. The van der Waals surface area contributed by atoms with E-state index >= 15 is 0 Å². The highest BCUT2D eigenvalue weighted by Gasteiger charge is 1.99. The third-order valence-electron chi connectivity index (χ3n) is 0.724. The second kappa shape index (κ2) is 3.29. The lowest BCUT2D eigenvalue weighted by Gasteiger charge is -2.05. The standard InChI is InChI=1S/C5H10NO2/c1-3-4(2)8-5(6)7/h4H,1,3H2,2H3,(H2,6,7). The highest BCUT2D eigenvalue weighted by Crippen LogP contribution is 1.92. The van der Waals surface area contributed by atoms with Gasteiger partial charge < -0.3 is 10.5 Å². The Balaban J connectivity index is 3.24. The van der Waals surface area contributed by atoms with Crippen molar-refractivity contribution < 1.29 is 9.53 Å². The minimum Gasteiger partial charge on any atom is -0.447 e. The molecule has 0 aliphatic rings. The highest BCUT2D eigenvalue weighted by molar-refractivity contribution is 5.64. The van der Waals surface area contributed by atoms with Crippen LogP contribution in [0.5, 0.6) is 0 Å². The van der Waals surface area contributed by atoms with Gasteiger partial charge in [-0.25, -0.2) is 4.79 Å². The van der Waals surface area contributed by atoms with Crippen molar-refractivity contribution in [1.82, 2.24) is 0 Å². The van der Waals surface area contributed by atoms with Crippen molar-refractivity contribution in [3.63, 3.8) is 0 Å². The molecule has 0 rings (SSSR count). The molecule has 0 heterocycles. The lowest BCUT2D eigenvalue weighted by Crippen LogP contribution is -2.19. The molecule has 0 bridgehead atoms. The molecule has 3 heteroatoms. The number of rotatable bonds is 2. The van der Waals surface area contributed by atoms with Crippen molar-refractivity contribution in [1.29, 1.82) is 0 Å². The minimum absolute atomic E-state index is 0.160. The van der Waals surface area contributed by atoms with Crippen LogP contribution >= 0.6 is 0 Å². The predicted molar refractivity (Wildman–Crippen MR) is 30.1 cm³/mol. The van der Waals surface area contributed by atoms with Crippen molar-refractivity contribution in [3.05, 3.63) is 6.92 Å². The van der Waals surface area contributed by atoms with Gasteiger partial charge in [-0.15, -0.1) is 0 Å². The molecular weight excluding hydrogens is 106 g/mol. The SMILES string of the molecule is [CH2]CC(C)OC(N)=O. The Hall–Kier alpha value is -0.730. The van der Waals surface area contributed by atoms with E-state index in [-0.39, 0.29) is 6.10 Å². The lowest BCUT2D eigenvalue weighted by atomic mass is 10.3. The van der Waals surface area contributed by atoms with Gasteiger partial charge >= 0.3 is 6.09 Å². The fourth-order valence-electron chi connectivity index (χ4n) is 0.257. The zero-order chi connectivity index (χ0) is 6.57. The lowest BCUT2D eigenvalue weighted by molar-refractivity contribution is 0.117. The Morgan fingerprint density at radius 3 is 2.62 bits per heavy atom. The number of carbonyl (C=O) groups is 1. The van der Waals surface area contributed by atoms with E-state index in [1.807, 2.05) is 0 Å². The van der Waals surface area contributed by atoms with Gasteiger partial charge in [0.25, 0.3) is 0 Å². The van der Waals surface area contributed by atoms with Gasteiger partial charge in [-0.05, 0) is 20.3 Å². The van der Waals surface area contributed by atoms with Crippen LogP contribution in [0.3, 0.4) is 0 Å². The summed E-state index contributed by atoms with van der Waals surface area (Å²) in [5.74, 6) is 0. The average molecular weight is 116 g/mol. The van der Waals surface area contributed by atoms with Crippen molar-refractivity contribution in [2.24, 2.45) is 5.73 Å². The fourth-order valence-corrected chi connectivity index (χ4v) is 0.257. The molecule has 1 atom stereocenters. The molecule has 1 unspecified atom stereocenters. The molecule has 1 amide bonds. The zero-order valence-corrected chi connectivity index (χ0v) is 4.89. The number of nitrogens with two attached hydrogens (primary N) is 1. The molecule has 0 aromatic heterocycles. The third kappa shape index (κ3) is 3.46. The number of ether oxygens (including phenoxy) is 1. The summed E-state index contributed by atoms with van der Waals surface area (Å²) in [5, 5.41) is 0. The van der Waals surface area contributed by atoms with Crippen LogP contribution in [0.2, 0.25) is 0 Å². The van der Waals surface area contributed by atoms with Crippen LogP contribution in [0.1, 0.15) is 13.3 Å². The van der Waals surface area contributed by atoms with Crippen molar-refractivity contribution in [3.8, 4) is 0 Å². The van der Waals surface area contributed by atoms with Crippen LogP contribution in [0.4, 0.5) is 4.79 Å². The number of amides is 1. The molecule has 2 N–H and O–H groups in total. The molecule has 8 heavy (non-hydrogen) atoms. The van der Waals surface area contributed by atoms with Crippen LogP contribution in [-0.2, 0) is 4.74 Å². The van der Waals surface area contributed by atoms with E-state index in [4.69, 9.17) is 0 Å². The summed E-state index contributed by atoms with van der Waals surface area (Å²) in [6, 6.07) is 0. The smallest absolute Gasteiger partial charge is 0.404 e. The number of hydrogen-bond donors (Lipinski definition) is 1. The molecule has 0 saturated carbocycles. The Bertz CT molecular complexity index is 82.5. The van der Waals surface area contributed by atoms with Crippen molar-refractivity contribution in [2.45, 2.75) is 19.4 Å². The number of primary amides is 1. The largest absolute Gasteiger partial charge is 0.447 e. The molecule has 0 spiro atoms. The van der Waals surface area contributed by atoms with Crippen LogP contribution in [-0.4, -0.2) is 12.2 Å². The monoisotopic (exact) mass is 116 g/mol. The first kappa shape index (κ1) is 7.27. The first-order valence-corrected chi connectivity index (χ1v) is 2.42. The molecule has 0 saturated heterocycles. The summed E-state index contributed by atoms with van der Waals surface area (Å²) in [6.07, 6.45) is -0.336. The topological polar surface area (TPSA) is 52.3 Å². The predicted octanol–water partition coefficient (Wildman–Crippen LogP) is 0.694. The molecule has 47 valence electrons. The minimum atomic E-state index is -0.735. The van der Waals surface area contributed by atoms with E-state index < -0.39 is 6.09 Å². The van der Waals surface area contributed by atoms with Crippen LogP contribution in [0, 0.1) is 6.92 Å². The van der Waals surface area contributed by atoms with E-state index in [2.05, 4.69) is 17.4 Å². The quantitative estimate of drug-likeness (QED) is 0.577. The van der Waals surface area contributed by atoms with Gasteiger partial charge in [0.05, 0.1) is 0 Å². The van der Waals surface area contributed by atoms with Gasteiger partial charge in [0.2, 0.25) is 0 Å². The van der Waals surface area contributed by atoms with Gasteiger partial charge in [0.15, 0.2) is 0 Å². The maximum absolute atomic E-state index is 9.94. The summed E-state index contributed by atoms with van der Waals surface area (Å²) < 4.78 is 4.48.